The first-order chi connectivity index (χ1) is 8.48. The number of ether oxygens (including phenoxy) is 1. The average Bonchev–Trinajstić information content (AvgIpc) is 2.28. The van der Waals surface area contributed by atoms with Crippen molar-refractivity contribution in [3.05, 3.63) is 0 Å². The van der Waals surface area contributed by atoms with Gasteiger partial charge in [0.1, 0.15) is 0 Å². The van der Waals surface area contributed by atoms with Gasteiger partial charge in [-0.25, -0.2) is 0 Å². The lowest BCUT2D eigenvalue weighted by molar-refractivity contribution is -0.129. The number of hydrogen-bond acceptors (Lipinski definition) is 3. The van der Waals surface area contributed by atoms with Crippen molar-refractivity contribution in [1.82, 2.24) is 5.32 Å². The molecule has 18 heavy (non-hydrogen) atoms. The Labute approximate surface area is 110 Å². The van der Waals surface area contributed by atoms with Crippen molar-refractivity contribution < 1.29 is 9.53 Å². The fourth-order valence-corrected chi connectivity index (χ4v) is 3.22. The molecule has 104 valence electrons. The van der Waals surface area contributed by atoms with E-state index in [-0.39, 0.29) is 23.4 Å². The summed E-state index contributed by atoms with van der Waals surface area (Å²) in [6, 6.07) is 0.187. The number of nitrogens with two attached hydrogens (primary N) is 1. The van der Waals surface area contributed by atoms with Gasteiger partial charge in [0.05, 0.1) is 0 Å². The van der Waals surface area contributed by atoms with E-state index in [4.69, 9.17) is 10.5 Å². The Kier molecular flexibility index (Phi) is 4.28. The predicted molar refractivity (Wildman–Crippen MR) is 71.1 cm³/mol. The van der Waals surface area contributed by atoms with Gasteiger partial charge in [-0.15, -0.1) is 0 Å². The lowest BCUT2D eigenvalue weighted by atomic mass is 9.78. The molecule has 0 aromatic heterocycles. The minimum absolute atomic E-state index is 0.0832. The normalized spacial score (nSPS) is 36.1. The minimum Gasteiger partial charge on any atom is -0.381 e. The van der Waals surface area contributed by atoms with Crippen molar-refractivity contribution >= 4 is 5.91 Å². The first kappa shape index (κ1) is 13.8. The molecule has 1 saturated carbocycles. The fourth-order valence-electron chi connectivity index (χ4n) is 3.22. The maximum Gasteiger partial charge on any atom is 0.223 e. The number of carbonyl (C=O) groups is 1. The van der Waals surface area contributed by atoms with Gasteiger partial charge in [0.15, 0.2) is 0 Å². The van der Waals surface area contributed by atoms with Gasteiger partial charge in [-0.2, -0.15) is 0 Å². The van der Waals surface area contributed by atoms with E-state index in [1.807, 2.05) is 0 Å². The molecule has 4 heteroatoms. The summed E-state index contributed by atoms with van der Waals surface area (Å²) in [6.45, 7) is 5.81. The van der Waals surface area contributed by atoms with Crippen LogP contribution in [0.5, 0.6) is 0 Å². The average molecular weight is 254 g/mol. The topological polar surface area (TPSA) is 64.4 Å². The lowest BCUT2D eigenvalue weighted by Crippen LogP contribution is -2.52. The van der Waals surface area contributed by atoms with E-state index in [1.165, 1.54) is 0 Å². The highest BCUT2D eigenvalue weighted by molar-refractivity contribution is 5.79. The van der Waals surface area contributed by atoms with Crippen molar-refractivity contribution in [2.45, 2.75) is 57.5 Å². The third-order valence-electron chi connectivity index (χ3n) is 4.37. The summed E-state index contributed by atoms with van der Waals surface area (Å²) in [5.74, 6) is 0.858. The maximum atomic E-state index is 12.4. The Morgan fingerprint density at radius 3 is 2.56 bits per heavy atom. The van der Waals surface area contributed by atoms with Crippen molar-refractivity contribution in [3.63, 3.8) is 0 Å². The van der Waals surface area contributed by atoms with Crippen LogP contribution in [-0.4, -0.2) is 30.7 Å². The van der Waals surface area contributed by atoms with Crippen LogP contribution in [0.1, 0.15) is 46.0 Å². The van der Waals surface area contributed by atoms with Gasteiger partial charge < -0.3 is 15.8 Å². The summed E-state index contributed by atoms with van der Waals surface area (Å²) < 4.78 is 5.35. The highest BCUT2D eigenvalue weighted by atomic mass is 16.5. The van der Waals surface area contributed by atoms with Gasteiger partial charge in [0.25, 0.3) is 0 Å². The van der Waals surface area contributed by atoms with Crippen LogP contribution in [-0.2, 0) is 9.53 Å². The third-order valence-corrected chi connectivity index (χ3v) is 4.37. The molecular formula is C14H26N2O2. The predicted octanol–water partition coefficient (Wildman–Crippen LogP) is 1.44. The molecule has 0 bridgehead atoms. The smallest absolute Gasteiger partial charge is 0.223 e. The van der Waals surface area contributed by atoms with E-state index < -0.39 is 0 Å². The fraction of sp³-hybridized carbons (Fsp3) is 0.929. The summed E-state index contributed by atoms with van der Waals surface area (Å²) in [6.07, 6.45) is 4.68. The Balaban J connectivity index is 1.90. The summed E-state index contributed by atoms with van der Waals surface area (Å²) in [5, 5.41) is 3.23. The van der Waals surface area contributed by atoms with E-state index >= 15 is 0 Å². The molecule has 0 spiro atoms. The SMILES string of the molecule is CC1CC(N)CC(C(=O)NC2(C)CCOCC2)C1. The molecule has 0 aromatic carbocycles. The molecule has 2 aliphatic rings. The van der Waals surface area contributed by atoms with Crippen LogP contribution in [0.15, 0.2) is 0 Å². The second-order valence-corrected chi connectivity index (χ2v) is 6.43. The van der Waals surface area contributed by atoms with Gasteiger partial charge in [-0.1, -0.05) is 6.92 Å². The molecule has 1 heterocycles. The van der Waals surface area contributed by atoms with Crippen molar-refractivity contribution in [2.75, 3.05) is 13.2 Å². The molecular weight excluding hydrogens is 228 g/mol. The lowest BCUT2D eigenvalue weighted by Gasteiger charge is -2.37. The van der Waals surface area contributed by atoms with Crippen molar-refractivity contribution in [1.29, 1.82) is 0 Å². The number of amides is 1. The van der Waals surface area contributed by atoms with Crippen LogP contribution >= 0.6 is 0 Å². The zero-order chi connectivity index (χ0) is 13.2. The van der Waals surface area contributed by atoms with Crippen LogP contribution in [0.3, 0.4) is 0 Å². The second kappa shape index (κ2) is 5.57. The van der Waals surface area contributed by atoms with Crippen LogP contribution < -0.4 is 11.1 Å². The van der Waals surface area contributed by atoms with E-state index in [9.17, 15) is 4.79 Å². The molecule has 0 aromatic rings. The Morgan fingerprint density at radius 2 is 1.94 bits per heavy atom. The van der Waals surface area contributed by atoms with Crippen molar-refractivity contribution in [2.24, 2.45) is 17.6 Å². The highest BCUT2D eigenvalue weighted by Gasteiger charge is 2.34. The zero-order valence-corrected chi connectivity index (χ0v) is 11.6. The molecule has 1 aliphatic heterocycles. The Bertz CT molecular complexity index is 290. The van der Waals surface area contributed by atoms with Gasteiger partial charge in [0.2, 0.25) is 5.91 Å². The molecule has 2 fully saturated rings. The first-order valence-electron chi connectivity index (χ1n) is 7.14. The van der Waals surface area contributed by atoms with Gasteiger partial charge in [-0.05, 0) is 44.9 Å². The highest BCUT2D eigenvalue weighted by Crippen LogP contribution is 2.29. The zero-order valence-electron chi connectivity index (χ0n) is 11.6. The largest absolute Gasteiger partial charge is 0.381 e. The standard InChI is InChI=1S/C14H26N2O2/c1-10-7-11(9-12(15)8-10)13(17)16-14(2)3-5-18-6-4-14/h10-12H,3-9,15H2,1-2H3,(H,16,17). The molecule has 3 atom stereocenters. The summed E-state index contributed by atoms with van der Waals surface area (Å²) in [7, 11) is 0. The summed E-state index contributed by atoms with van der Waals surface area (Å²) in [4.78, 5) is 12.4. The number of nitrogens with one attached hydrogen (secondary N) is 1. The van der Waals surface area contributed by atoms with Gasteiger partial charge >= 0.3 is 0 Å². The van der Waals surface area contributed by atoms with Gasteiger partial charge in [-0.3, -0.25) is 4.79 Å². The van der Waals surface area contributed by atoms with Crippen LogP contribution in [0.25, 0.3) is 0 Å². The molecule has 3 unspecified atom stereocenters. The van der Waals surface area contributed by atoms with E-state index in [2.05, 4.69) is 19.2 Å². The van der Waals surface area contributed by atoms with Crippen LogP contribution in [0, 0.1) is 11.8 Å². The second-order valence-electron chi connectivity index (χ2n) is 6.43. The number of hydrogen-bond donors (Lipinski definition) is 2. The maximum absolute atomic E-state index is 12.4. The molecule has 1 saturated heterocycles. The van der Waals surface area contributed by atoms with E-state index in [0.717, 1.165) is 45.3 Å². The minimum atomic E-state index is -0.0832. The molecule has 4 nitrogen and oxygen atoms in total. The van der Waals surface area contributed by atoms with Crippen molar-refractivity contribution in [3.8, 4) is 0 Å². The molecule has 1 aliphatic carbocycles. The summed E-state index contributed by atoms with van der Waals surface area (Å²) >= 11 is 0. The molecule has 0 radical (unpaired) electrons. The van der Waals surface area contributed by atoms with E-state index in [0.29, 0.717) is 5.92 Å². The molecule has 3 N–H and O–H groups in total. The molecule has 2 rings (SSSR count). The third kappa shape index (κ3) is 3.45. The van der Waals surface area contributed by atoms with E-state index in [1.54, 1.807) is 0 Å². The van der Waals surface area contributed by atoms with Crippen LogP contribution in [0.2, 0.25) is 0 Å². The van der Waals surface area contributed by atoms with Crippen LogP contribution in [0.4, 0.5) is 0 Å². The Hall–Kier alpha value is -0.610. The van der Waals surface area contributed by atoms with Gasteiger partial charge in [0, 0.05) is 30.7 Å². The summed E-state index contributed by atoms with van der Waals surface area (Å²) in [5.41, 5.74) is 5.94. The Morgan fingerprint density at radius 1 is 1.28 bits per heavy atom. The molecule has 1 amide bonds. The first-order valence-corrected chi connectivity index (χ1v) is 7.14. The quantitative estimate of drug-likeness (QED) is 0.783. The number of rotatable bonds is 2. The monoisotopic (exact) mass is 254 g/mol. The number of carbonyl (C=O) groups excluding carboxylic acids is 1.